The van der Waals surface area contributed by atoms with Gasteiger partial charge in [-0.2, -0.15) is 0 Å². The van der Waals surface area contributed by atoms with E-state index in [1.807, 2.05) is 28.5 Å². The Balaban J connectivity index is 0.00000132. The fourth-order valence-corrected chi connectivity index (χ4v) is 3.35. The van der Waals surface area contributed by atoms with Crippen LogP contribution < -0.4 is 5.32 Å². The molecular weight excluding hydrogens is 353 g/mol. The molecule has 1 aliphatic heterocycles. The molecule has 2 aromatic rings. The number of nitrogens with zero attached hydrogens (tertiary/aromatic N) is 2. The molecule has 7 heteroatoms. The topological polar surface area (TPSA) is 45.2 Å². The molecule has 0 aliphatic carbocycles. The third-order valence-corrected chi connectivity index (χ3v) is 4.58. The van der Waals surface area contributed by atoms with E-state index in [4.69, 9.17) is 0 Å². The number of benzene rings is 1. The molecule has 1 unspecified atom stereocenters. The van der Waals surface area contributed by atoms with Gasteiger partial charge in [0.2, 0.25) is 0 Å². The molecule has 23 heavy (non-hydrogen) atoms. The molecule has 1 amide bonds. The van der Waals surface area contributed by atoms with Crippen LogP contribution in [0.5, 0.6) is 0 Å². The number of amides is 1. The number of rotatable bonds is 3. The number of hydrogen-bond acceptors (Lipinski definition) is 4. The van der Waals surface area contributed by atoms with Crippen LogP contribution in [0.25, 0.3) is 0 Å². The second kappa shape index (κ2) is 9.23. The molecular formula is C16H21Cl2N3OS. The van der Waals surface area contributed by atoms with Gasteiger partial charge in [-0.15, -0.1) is 36.2 Å². The van der Waals surface area contributed by atoms with Crippen LogP contribution in [0.1, 0.15) is 28.0 Å². The standard InChI is InChI=1S/C16H19N3OS.2ClH/c1-12-10-17-7-8-19(12)16(20)14-11-21-15(18-14)9-13-5-3-2-4-6-13;;/h2-6,11-12,17H,7-10H2,1H3;2*1H. The van der Waals surface area contributed by atoms with Crippen molar-refractivity contribution in [2.24, 2.45) is 0 Å². The molecule has 0 bridgehead atoms. The van der Waals surface area contributed by atoms with Crippen LogP contribution in [0.2, 0.25) is 0 Å². The summed E-state index contributed by atoms with van der Waals surface area (Å²) < 4.78 is 0. The lowest BCUT2D eigenvalue weighted by Crippen LogP contribution is -2.52. The third-order valence-electron chi connectivity index (χ3n) is 3.73. The van der Waals surface area contributed by atoms with Gasteiger partial charge in [0.15, 0.2) is 0 Å². The second-order valence-corrected chi connectivity index (χ2v) is 6.28. The molecule has 1 atom stereocenters. The fraction of sp³-hybridized carbons (Fsp3) is 0.375. The number of thiazole rings is 1. The number of nitrogens with one attached hydrogen (secondary N) is 1. The summed E-state index contributed by atoms with van der Waals surface area (Å²) >= 11 is 1.56. The van der Waals surface area contributed by atoms with Crippen molar-refractivity contribution in [1.29, 1.82) is 0 Å². The molecule has 0 radical (unpaired) electrons. The van der Waals surface area contributed by atoms with Crippen molar-refractivity contribution in [3.63, 3.8) is 0 Å². The summed E-state index contributed by atoms with van der Waals surface area (Å²) in [5.74, 6) is 0.0551. The lowest BCUT2D eigenvalue weighted by atomic mass is 10.2. The zero-order chi connectivity index (χ0) is 14.7. The van der Waals surface area contributed by atoms with Crippen LogP contribution in [0.15, 0.2) is 35.7 Å². The molecule has 1 aromatic heterocycles. The first-order valence-corrected chi connectivity index (χ1v) is 8.12. The molecule has 1 aliphatic rings. The lowest BCUT2D eigenvalue weighted by Gasteiger charge is -2.33. The molecule has 1 N–H and O–H groups in total. The van der Waals surface area contributed by atoms with Gasteiger partial charge in [0.05, 0.1) is 5.01 Å². The highest BCUT2D eigenvalue weighted by atomic mass is 35.5. The summed E-state index contributed by atoms with van der Waals surface area (Å²) in [6.07, 6.45) is 0.788. The van der Waals surface area contributed by atoms with E-state index in [9.17, 15) is 4.79 Å². The predicted octanol–water partition coefficient (Wildman–Crippen LogP) is 3.01. The molecule has 1 saturated heterocycles. The number of halogens is 2. The van der Waals surface area contributed by atoms with Crippen molar-refractivity contribution < 1.29 is 4.79 Å². The van der Waals surface area contributed by atoms with Gasteiger partial charge in [-0.1, -0.05) is 30.3 Å². The Bertz CT molecular complexity index is 621. The summed E-state index contributed by atoms with van der Waals surface area (Å²) in [6, 6.07) is 10.5. The molecule has 0 saturated carbocycles. The van der Waals surface area contributed by atoms with Crippen LogP contribution in [0.4, 0.5) is 0 Å². The molecule has 126 valence electrons. The summed E-state index contributed by atoms with van der Waals surface area (Å²) in [6.45, 7) is 4.54. The number of carbonyl (C=O) groups excluding carboxylic acids is 1. The van der Waals surface area contributed by atoms with Crippen molar-refractivity contribution in [1.82, 2.24) is 15.2 Å². The van der Waals surface area contributed by atoms with Crippen molar-refractivity contribution >= 4 is 42.1 Å². The van der Waals surface area contributed by atoms with E-state index in [0.717, 1.165) is 31.1 Å². The quantitative estimate of drug-likeness (QED) is 0.899. The first-order chi connectivity index (χ1) is 10.2. The van der Waals surface area contributed by atoms with E-state index in [2.05, 4.69) is 29.4 Å². The highest BCUT2D eigenvalue weighted by molar-refractivity contribution is 7.09. The lowest BCUT2D eigenvalue weighted by molar-refractivity contribution is 0.0650. The highest BCUT2D eigenvalue weighted by Gasteiger charge is 2.25. The maximum atomic E-state index is 12.5. The van der Waals surface area contributed by atoms with Crippen molar-refractivity contribution in [2.75, 3.05) is 19.6 Å². The maximum Gasteiger partial charge on any atom is 0.273 e. The van der Waals surface area contributed by atoms with E-state index >= 15 is 0 Å². The normalized spacial score (nSPS) is 17.1. The smallest absolute Gasteiger partial charge is 0.273 e. The minimum atomic E-state index is 0. The van der Waals surface area contributed by atoms with Gasteiger partial charge in [0.25, 0.3) is 5.91 Å². The fourth-order valence-electron chi connectivity index (χ4n) is 2.55. The van der Waals surface area contributed by atoms with Crippen LogP contribution in [0, 0.1) is 0 Å². The van der Waals surface area contributed by atoms with Gasteiger partial charge in [0.1, 0.15) is 5.69 Å². The molecule has 1 aromatic carbocycles. The predicted molar refractivity (Wildman–Crippen MR) is 99.2 cm³/mol. The van der Waals surface area contributed by atoms with Gasteiger partial charge < -0.3 is 10.2 Å². The molecule has 0 spiro atoms. The Morgan fingerprint density at radius 1 is 1.35 bits per heavy atom. The SMILES string of the molecule is CC1CNCCN1C(=O)c1csc(Cc2ccccc2)n1.Cl.Cl. The summed E-state index contributed by atoms with van der Waals surface area (Å²) in [5.41, 5.74) is 1.81. The second-order valence-electron chi connectivity index (χ2n) is 5.34. The van der Waals surface area contributed by atoms with Gasteiger partial charge in [-0.3, -0.25) is 4.79 Å². The largest absolute Gasteiger partial charge is 0.332 e. The van der Waals surface area contributed by atoms with Crippen molar-refractivity contribution in [2.45, 2.75) is 19.4 Å². The average Bonchev–Trinajstić information content (AvgIpc) is 2.97. The first kappa shape index (κ1) is 19.9. The minimum Gasteiger partial charge on any atom is -0.332 e. The summed E-state index contributed by atoms with van der Waals surface area (Å²) in [5, 5.41) is 6.17. The number of aromatic nitrogens is 1. The molecule has 4 nitrogen and oxygen atoms in total. The third kappa shape index (κ3) is 4.91. The van der Waals surface area contributed by atoms with E-state index < -0.39 is 0 Å². The Kier molecular flexibility index (Phi) is 7.99. The van der Waals surface area contributed by atoms with E-state index in [1.165, 1.54) is 5.56 Å². The Morgan fingerprint density at radius 2 is 2.09 bits per heavy atom. The summed E-state index contributed by atoms with van der Waals surface area (Å²) in [4.78, 5) is 19.0. The Labute approximate surface area is 153 Å². The molecule has 3 rings (SSSR count). The zero-order valence-corrected chi connectivity index (χ0v) is 15.3. The van der Waals surface area contributed by atoms with E-state index in [0.29, 0.717) is 5.69 Å². The summed E-state index contributed by atoms with van der Waals surface area (Å²) in [7, 11) is 0. The zero-order valence-electron chi connectivity index (χ0n) is 12.9. The average molecular weight is 374 g/mol. The van der Waals surface area contributed by atoms with Gasteiger partial charge >= 0.3 is 0 Å². The van der Waals surface area contributed by atoms with Crippen LogP contribution >= 0.6 is 36.2 Å². The number of piperazine rings is 1. The Morgan fingerprint density at radius 3 is 2.78 bits per heavy atom. The van der Waals surface area contributed by atoms with E-state index in [-0.39, 0.29) is 36.8 Å². The van der Waals surface area contributed by atoms with E-state index in [1.54, 1.807) is 11.3 Å². The maximum absolute atomic E-state index is 12.5. The molecule has 2 heterocycles. The molecule has 1 fully saturated rings. The van der Waals surface area contributed by atoms with Gasteiger partial charge in [0, 0.05) is 37.5 Å². The Hall–Kier alpha value is -1.14. The number of hydrogen-bond donors (Lipinski definition) is 1. The number of carbonyl (C=O) groups is 1. The van der Waals surface area contributed by atoms with Crippen molar-refractivity contribution in [3.8, 4) is 0 Å². The van der Waals surface area contributed by atoms with Gasteiger partial charge in [-0.05, 0) is 12.5 Å². The monoisotopic (exact) mass is 373 g/mol. The van der Waals surface area contributed by atoms with Crippen LogP contribution in [-0.4, -0.2) is 41.5 Å². The highest BCUT2D eigenvalue weighted by Crippen LogP contribution is 2.17. The van der Waals surface area contributed by atoms with Crippen LogP contribution in [-0.2, 0) is 6.42 Å². The minimum absolute atomic E-state index is 0. The van der Waals surface area contributed by atoms with Crippen LogP contribution in [0.3, 0.4) is 0 Å². The first-order valence-electron chi connectivity index (χ1n) is 7.24. The van der Waals surface area contributed by atoms with Crippen molar-refractivity contribution in [3.05, 3.63) is 52.0 Å². The van der Waals surface area contributed by atoms with Gasteiger partial charge in [-0.25, -0.2) is 4.98 Å².